The number of pyridine rings is 1. The molecule has 2 aliphatic rings. The molecule has 1 unspecified atom stereocenters. The van der Waals surface area contributed by atoms with Crippen LogP contribution in [0.5, 0.6) is 5.88 Å². The Balaban J connectivity index is 1.67. The second-order valence-corrected chi connectivity index (χ2v) is 6.39. The number of halogens is 1. The fourth-order valence-electron chi connectivity index (χ4n) is 2.90. The molecule has 0 aliphatic carbocycles. The van der Waals surface area contributed by atoms with Crippen molar-refractivity contribution >= 4 is 17.5 Å². The van der Waals surface area contributed by atoms with Crippen molar-refractivity contribution in [3.05, 3.63) is 22.8 Å². The van der Waals surface area contributed by atoms with Gasteiger partial charge in [0.05, 0.1) is 24.9 Å². The average Bonchev–Trinajstić information content (AvgIpc) is 2.57. The Bertz CT molecular complexity index is 563. The molecule has 0 bridgehead atoms. The van der Waals surface area contributed by atoms with Crippen molar-refractivity contribution in [2.24, 2.45) is 0 Å². The summed E-state index contributed by atoms with van der Waals surface area (Å²) in [5.74, 6) is 0.199. The Morgan fingerprint density at radius 3 is 2.87 bits per heavy atom. The van der Waals surface area contributed by atoms with Crippen molar-refractivity contribution in [3.63, 3.8) is 0 Å². The number of nitrogens with zero attached hydrogens (tertiary/aromatic N) is 2. The first kappa shape index (κ1) is 16.5. The van der Waals surface area contributed by atoms with Gasteiger partial charge in [-0.1, -0.05) is 11.6 Å². The molecule has 2 fully saturated rings. The van der Waals surface area contributed by atoms with Gasteiger partial charge in [0.2, 0.25) is 5.88 Å². The van der Waals surface area contributed by atoms with Gasteiger partial charge in [-0.05, 0) is 18.9 Å². The quantitative estimate of drug-likeness (QED) is 0.909. The van der Waals surface area contributed by atoms with Crippen molar-refractivity contribution in [2.75, 3.05) is 26.3 Å². The molecule has 0 radical (unpaired) electrons. The van der Waals surface area contributed by atoms with Gasteiger partial charge in [-0.25, -0.2) is 4.98 Å². The number of carbonyl (C=O) groups excluding carboxylic acids is 1. The van der Waals surface area contributed by atoms with E-state index in [0.29, 0.717) is 42.8 Å². The van der Waals surface area contributed by atoms with Crippen LogP contribution in [0.15, 0.2) is 12.3 Å². The summed E-state index contributed by atoms with van der Waals surface area (Å²) in [7, 11) is 0. The normalized spacial score (nSPS) is 22.9. The van der Waals surface area contributed by atoms with Gasteiger partial charge in [0.15, 0.2) is 0 Å². The monoisotopic (exact) mass is 340 g/mol. The number of ether oxygens (including phenoxy) is 2. The number of aromatic nitrogens is 1. The summed E-state index contributed by atoms with van der Waals surface area (Å²) >= 11 is 6.22. The molecule has 3 rings (SSSR count). The lowest BCUT2D eigenvalue weighted by atomic mass is 10.1. The minimum absolute atomic E-state index is 0.0487. The number of likely N-dealkylation sites (tertiary alicyclic amines) is 1. The summed E-state index contributed by atoms with van der Waals surface area (Å²) in [5.41, 5.74) is 0.420. The molecule has 7 heteroatoms. The number of amides is 1. The molecule has 1 amide bonds. The first-order valence-electron chi connectivity index (χ1n) is 8.01. The maximum Gasteiger partial charge on any atom is 0.255 e. The fraction of sp³-hybridized carbons (Fsp3) is 0.625. The molecule has 1 N–H and O–H groups in total. The maximum absolute atomic E-state index is 12.5. The zero-order valence-corrected chi connectivity index (χ0v) is 13.7. The third kappa shape index (κ3) is 4.13. The predicted molar refractivity (Wildman–Crippen MR) is 84.9 cm³/mol. The van der Waals surface area contributed by atoms with E-state index in [9.17, 15) is 9.90 Å². The van der Waals surface area contributed by atoms with Crippen LogP contribution in [0.1, 0.15) is 36.0 Å². The molecule has 3 heterocycles. The third-order valence-electron chi connectivity index (χ3n) is 4.18. The summed E-state index contributed by atoms with van der Waals surface area (Å²) in [6.45, 7) is 2.36. The maximum atomic E-state index is 12.5. The van der Waals surface area contributed by atoms with Crippen LogP contribution in [0, 0.1) is 0 Å². The lowest BCUT2D eigenvalue weighted by molar-refractivity contribution is 0.0237. The highest BCUT2D eigenvalue weighted by atomic mass is 35.5. The number of piperidine rings is 1. The number of β-amino-alcohol motifs (C(OH)–C–C–N with tert-alkyl or cyclic N) is 1. The number of carbonyl (C=O) groups is 1. The van der Waals surface area contributed by atoms with E-state index in [0.717, 1.165) is 25.7 Å². The van der Waals surface area contributed by atoms with Crippen molar-refractivity contribution < 1.29 is 19.4 Å². The van der Waals surface area contributed by atoms with Gasteiger partial charge >= 0.3 is 0 Å². The molecule has 0 saturated carbocycles. The van der Waals surface area contributed by atoms with Crippen LogP contribution in [0.25, 0.3) is 0 Å². The number of hydrogen-bond donors (Lipinski definition) is 1. The summed E-state index contributed by atoms with van der Waals surface area (Å²) in [6, 6.07) is 1.59. The molecule has 6 nitrogen and oxygen atoms in total. The van der Waals surface area contributed by atoms with Gasteiger partial charge < -0.3 is 19.5 Å². The van der Waals surface area contributed by atoms with Crippen LogP contribution < -0.4 is 4.74 Å². The summed E-state index contributed by atoms with van der Waals surface area (Å²) in [4.78, 5) is 18.3. The number of aliphatic hydroxyl groups is 1. The third-order valence-corrected chi connectivity index (χ3v) is 4.46. The number of aliphatic hydroxyl groups excluding tert-OH is 1. The standard InChI is InChI=1S/C16H21ClN2O4/c17-14-8-11(16(21)19-5-1-2-12(20)10-19)9-18-15(14)23-13-3-6-22-7-4-13/h8-9,12-13,20H,1-7,10H2. The minimum atomic E-state index is -0.452. The minimum Gasteiger partial charge on any atom is -0.473 e. The van der Waals surface area contributed by atoms with E-state index in [1.807, 2.05) is 0 Å². The second kappa shape index (κ2) is 7.47. The molecule has 0 spiro atoms. The molecule has 1 aromatic rings. The largest absolute Gasteiger partial charge is 0.473 e. The highest BCUT2D eigenvalue weighted by Gasteiger charge is 2.24. The topological polar surface area (TPSA) is 71.9 Å². The first-order chi connectivity index (χ1) is 11.1. The Labute approximate surface area is 140 Å². The zero-order chi connectivity index (χ0) is 16.2. The fourth-order valence-corrected chi connectivity index (χ4v) is 3.11. The van der Waals surface area contributed by atoms with Gasteiger partial charge in [0.25, 0.3) is 5.91 Å². The Hall–Kier alpha value is -1.37. The molecule has 23 heavy (non-hydrogen) atoms. The van der Waals surface area contributed by atoms with Crippen LogP contribution >= 0.6 is 11.6 Å². The van der Waals surface area contributed by atoms with E-state index in [1.165, 1.54) is 6.20 Å². The highest BCUT2D eigenvalue weighted by molar-refractivity contribution is 6.32. The SMILES string of the molecule is O=C(c1cnc(OC2CCOCC2)c(Cl)c1)N1CCCC(O)C1. The lowest BCUT2D eigenvalue weighted by Gasteiger charge is -2.30. The Kier molecular flexibility index (Phi) is 5.35. The van der Waals surface area contributed by atoms with Crippen LogP contribution in [0.2, 0.25) is 5.02 Å². The van der Waals surface area contributed by atoms with Crippen LogP contribution in [-0.4, -0.2) is 59.4 Å². The van der Waals surface area contributed by atoms with E-state index in [1.54, 1.807) is 11.0 Å². The zero-order valence-electron chi connectivity index (χ0n) is 12.9. The average molecular weight is 341 g/mol. The second-order valence-electron chi connectivity index (χ2n) is 5.99. The molecule has 0 aromatic carbocycles. The molecule has 2 aliphatic heterocycles. The van der Waals surface area contributed by atoms with E-state index >= 15 is 0 Å². The number of hydrogen-bond acceptors (Lipinski definition) is 5. The van der Waals surface area contributed by atoms with Gasteiger partial charge in [0, 0.05) is 32.1 Å². The molecule has 1 aromatic heterocycles. The molecule has 2 saturated heterocycles. The predicted octanol–water partition coefficient (Wildman–Crippen LogP) is 1.89. The van der Waals surface area contributed by atoms with Gasteiger partial charge in [-0.2, -0.15) is 0 Å². The smallest absolute Gasteiger partial charge is 0.255 e. The van der Waals surface area contributed by atoms with Crippen molar-refractivity contribution in [2.45, 2.75) is 37.9 Å². The van der Waals surface area contributed by atoms with E-state index in [-0.39, 0.29) is 12.0 Å². The van der Waals surface area contributed by atoms with E-state index < -0.39 is 6.10 Å². The van der Waals surface area contributed by atoms with Crippen molar-refractivity contribution in [1.82, 2.24) is 9.88 Å². The van der Waals surface area contributed by atoms with Crippen LogP contribution in [-0.2, 0) is 4.74 Å². The Morgan fingerprint density at radius 1 is 1.39 bits per heavy atom. The lowest BCUT2D eigenvalue weighted by Crippen LogP contribution is -2.42. The molecule has 1 atom stereocenters. The molecule has 126 valence electrons. The summed E-state index contributed by atoms with van der Waals surface area (Å²) < 4.78 is 11.1. The van der Waals surface area contributed by atoms with Gasteiger partial charge in [-0.15, -0.1) is 0 Å². The van der Waals surface area contributed by atoms with Crippen molar-refractivity contribution in [3.8, 4) is 5.88 Å². The van der Waals surface area contributed by atoms with Crippen molar-refractivity contribution in [1.29, 1.82) is 0 Å². The first-order valence-corrected chi connectivity index (χ1v) is 8.38. The van der Waals surface area contributed by atoms with Gasteiger partial charge in [0.1, 0.15) is 11.1 Å². The van der Waals surface area contributed by atoms with Crippen LogP contribution in [0.3, 0.4) is 0 Å². The highest BCUT2D eigenvalue weighted by Crippen LogP contribution is 2.26. The van der Waals surface area contributed by atoms with E-state index in [4.69, 9.17) is 21.1 Å². The summed E-state index contributed by atoms with van der Waals surface area (Å²) in [6.07, 6.45) is 4.25. The van der Waals surface area contributed by atoms with Crippen LogP contribution in [0.4, 0.5) is 0 Å². The number of rotatable bonds is 3. The van der Waals surface area contributed by atoms with Gasteiger partial charge in [-0.3, -0.25) is 4.79 Å². The van der Waals surface area contributed by atoms with E-state index in [2.05, 4.69) is 4.98 Å². The molecular formula is C16H21ClN2O4. The summed E-state index contributed by atoms with van der Waals surface area (Å²) in [5, 5.41) is 10.0. The Morgan fingerprint density at radius 2 is 2.17 bits per heavy atom. The molecular weight excluding hydrogens is 320 g/mol.